The molecule has 0 fully saturated rings. The molecule has 2 rings (SSSR count). The van der Waals surface area contributed by atoms with Crippen LogP contribution in [-0.4, -0.2) is 15.7 Å². The van der Waals surface area contributed by atoms with Crippen LogP contribution in [0.25, 0.3) is 6.08 Å². The molecule has 1 amide bonds. The van der Waals surface area contributed by atoms with Gasteiger partial charge in [-0.2, -0.15) is 5.10 Å². The number of aromatic nitrogens is 2. The van der Waals surface area contributed by atoms with Crippen molar-refractivity contribution in [3.63, 3.8) is 0 Å². The van der Waals surface area contributed by atoms with E-state index in [0.29, 0.717) is 10.8 Å². The summed E-state index contributed by atoms with van der Waals surface area (Å²) in [5.41, 5.74) is 2.73. The van der Waals surface area contributed by atoms with Gasteiger partial charge < -0.3 is 5.32 Å². The van der Waals surface area contributed by atoms with Crippen LogP contribution in [0.1, 0.15) is 36.6 Å². The van der Waals surface area contributed by atoms with Crippen LogP contribution < -0.4 is 5.32 Å². The quantitative estimate of drug-likeness (QED) is 0.765. The number of rotatable bonds is 6. The van der Waals surface area contributed by atoms with Crippen molar-refractivity contribution in [3.8, 4) is 0 Å². The molecule has 0 aliphatic carbocycles. The molecule has 0 unspecified atom stereocenters. The highest BCUT2D eigenvalue weighted by Gasteiger charge is 2.11. The normalized spacial score (nSPS) is 11.2. The number of benzene rings is 1. The van der Waals surface area contributed by atoms with Crippen molar-refractivity contribution in [3.05, 3.63) is 52.1 Å². The molecule has 128 valence electrons. The van der Waals surface area contributed by atoms with E-state index >= 15 is 0 Å². The molecule has 0 spiro atoms. The molecule has 24 heavy (non-hydrogen) atoms. The van der Waals surface area contributed by atoms with Gasteiger partial charge in [0.15, 0.2) is 0 Å². The summed E-state index contributed by atoms with van der Waals surface area (Å²) in [6.45, 7) is 6.50. The Balaban J connectivity index is 2.11. The molecule has 1 aromatic heterocycles. The summed E-state index contributed by atoms with van der Waals surface area (Å²) in [6.07, 6.45) is 5.06. The molecular weight excluding hydrogens is 329 g/mol. The largest absolute Gasteiger partial charge is 0.322 e. The average Bonchev–Trinajstić information content (AvgIpc) is 2.81. The third kappa shape index (κ3) is 4.45. The van der Waals surface area contributed by atoms with Gasteiger partial charge in [-0.05, 0) is 44.0 Å². The predicted octanol–water partition coefficient (Wildman–Crippen LogP) is 4.74. The second kappa shape index (κ2) is 8.11. The summed E-state index contributed by atoms with van der Waals surface area (Å²) in [4.78, 5) is 12.1. The zero-order valence-electron chi connectivity index (χ0n) is 14.1. The maximum Gasteiger partial charge on any atom is 0.248 e. The first-order valence-corrected chi connectivity index (χ1v) is 8.28. The summed E-state index contributed by atoms with van der Waals surface area (Å²) in [6, 6.07) is 4.27. The van der Waals surface area contributed by atoms with Crippen molar-refractivity contribution in [1.29, 1.82) is 0 Å². The van der Waals surface area contributed by atoms with E-state index in [4.69, 9.17) is 11.6 Å². The number of hydrogen-bond donors (Lipinski definition) is 1. The zero-order chi connectivity index (χ0) is 17.7. The molecule has 0 radical (unpaired) electrons. The lowest BCUT2D eigenvalue weighted by Gasteiger charge is -2.06. The molecule has 0 atom stereocenters. The molecular formula is C18H21ClFN3O. The fourth-order valence-corrected chi connectivity index (χ4v) is 2.60. The van der Waals surface area contributed by atoms with Gasteiger partial charge in [-0.3, -0.25) is 9.48 Å². The lowest BCUT2D eigenvalue weighted by molar-refractivity contribution is -0.111. The van der Waals surface area contributed by atoms with Crippen LogP contribution in [0.2, 0.25) is 5.15 Å². The standard InChI is InChI=1S/C18H21ClFN3O/c1-4-5-10-23-18(19)15(13(3)22-23)8-9-17(24)21-16-11-14(20)7-6-12(16)2/h6-9,11H,4-5,10H2,1-3H3,(H,21,24)/b9-8+. The Bertz CT molecular complexity index is 768. The molecule has 4 nitrogen and oxygen atoms in total. The lowest BCUT2D eigenvalue weighted by Crippen LogP contribution is -2.09. The van der Waals surface area contributed by atoms with Gasteiger partial charge in [0.1, 0.15) is 11.0 Å². The van der Waals surface area contributed by atoms with Crippen LogP contribution in [0.15, 0.2) is 24.3 Å². The average molecular weight is 350 g/mol. The first kappa shape index (κ1) is 18.2. The van der Waals surface area contributed by atoms with Crippen molar-refractivity contribution < 1.29 is 9.18 Å². The Morgan fingerprint density at radius 1 is 1.42 bits per heavy atom. The molecule has 1 heterocycles. The monoisotopic (exact) mass is 349 g/mol. The summed E-state index contributed by atoms with van der Waals surface area (Å²) in [5, 5.41) is 7.57. The van der Waals surface area contributed by atoms with E-state index in [1.165, 1.54) is 18.2 Å². The molecule has 6 heteroatoms. The van der Waals surface area contributed by atoms with E-state index in [1.807, 2.05) is 6.92 Å². The van der Waals surface area contributed by atoms with Crippen LogP contribution in [0, 0.1) is 19.7 Å². The second-order valence-corrected chi connectivity index (χ2v) is 6.01. The van der Waals surface area contributed by atoms with E-state index in [1.54, 1.807) is 23.7 Å². The molecule has 0 saturated carbocycles. The van der Waals surface area contributed by atoms with Crippen LogP contribution in [0.3, 0.4) is 0 Å². The topological polar surface area (TPSA) is 46.9 Å². The summed E-state index contributed by atoms with van der Waals surface area (Å²) in [7, 11) is 0. The Morgan fingerprint density at radius 3 is 2.88 bits per heavy atom. The van der Waals surface area contributed by atoms with Gasteiger partial charge in [-0.1, -0.05) is 31.0 Å². The zero-order valence-corrected chi connectivity index (χ0v) is 14.8. The fraction of sp³-hybridized carbons (Fsp3) is 0.333. The van der Waals surface area contributed by atoms with E-state index in [2.05, 4.69) is 17.3 Å². The maximum absolute atomic E-state index is 13.3. The predicted molar refractivity (Wildman–Crippen MR) is 95.7 cm³/mol. The Labute approximate surface area is 146 Å². The highest BCUT2D eigenvalue weighted by molar-refractivity contribution is 6.31. The third-order valence-electron chi connectivity index (χ3n) is 3.69. The molecule has 0 saturated heterocycles. The van der Waals surface area contributed by atoms with E-state index in [9.17, 15) is 9.18 Å². The number of aryl methyl sites for hydroxylation is 3. The van der Waals surface area contributed by atoms with Gasteiger partial charge in [-0.15, -0.1) is 0 Å². The molecule has 0 bridgehead atoms. The van der Waals surface area contributed by atoms with Gasteiger partial charge in [0.25, 0.3) is 0 Å². The minimum absolute atomic E-state index is 0.347. The number of nitrogens with zero attached hydrogens (tertiary/aromatic N) is 2. The number of carbonyl (C=O) groups is 1. The van der Waals surface area contributed by atoms with Gasteiger partial charge >= 0.3 is 0 Å². The Kier molecular flexibility index (Phi) is 6.15. The van der Waals surface area contributed by atoms with E-state index in [0.717, 1.165) is 36.2 Å². The highest BCUT2D eigenvalue weighted by atomic mass is 35.5. The smallest absolute Gasteiger partial charge is 0.248 e. The maximum atomic E-state index is 13.3. The van der Waals surface area contributed by atoms with Crippen LogP contribution in [0.4, 0.5) is 10.1 Å². The Morgan fingerprint density at radius 2 is 2.17 bits per heavy atom. The van der Waals surface area contributed by atoms with E-state index in [-0.39, 0.29) is 5.91 Å². The molecule has 0 aliphatic rings. The van der Waals surface area contributed by atoms with Crippen molar-refractivity contribution in [2.75, 3.05) is 5.32 Å². The number of anilines is 1. The number of halogens is 2. The van der Waals surface area contributed by atoms with Crippen LogP contribution in [-0.2, 0) is 11.3 Å². The number of nitrogens with one attached hydrogen (secondary N) is 1. The van der Waals surface area contributed by atoms with E-state index < -0.39 is 5.82 Å². The van der Waals surface area contributed by atoms with Crippen molar-refractivity contribution >= 4 is 29.3 Å². The van der Waals surface area contributed by atoms with Crippen molar-refractivity contribution in [2.45, 2.75) is 40.2 Å². The van der Waals surface area contributed by atoms with Gasteiger partial charge in [0.05, 0.1) is 5.69 Å². The fourth-order valence-electron chi connectivity index (χ4n) is 2.27. The third-order valence-corrected chi connectivity index (χ3v) is 4.09. The first-order valence-electron chi connectivity index (χ1n) is 7.90. The molecule has 0 aliphatic heterocycles. The SMILES string of the molecule is CCCCn1nc(C)c(/C=C/C(=O)Nc2cc(F)ccc2C)c1Cl. The molecule has 2 aromatic rings. The first-order chi connectivity index (χ1) is 11.4. The van der Waals surface area contributed by atoms with Crippen molar-refractivity contribution in [1.82, 2.24) is 9.78 Å². The Hall–Kier alpha value is -2.14. The molecule has 1 aromatic carbocycles. The van der Waals surface area contributed by atoms with Gasteiger partial charge in [-0.25, -0.2) is 4.39 Å². The van der Waals surface area contributed by atoms with Gasteiger partial charge in [0, 0.05) is 23.9 Å². The molecule has 1 N–H and O–H groups in total. The number of hydrogen-bond acceptors (Lipinski definition) is 2. The lowest BCUT2D eigenvalue weighted by atomic mass is 10.2. The second-order valence-electron chi connectivity index (χ2n) is 5.65. The number of unbranched alkanes of at least 4 members (excludes halogenated alkanes) is 1. The van der Waals surface area contributed by atoms with Crippen molar-refractivity contribution in [2.24, 2.45) is 0 Å². The van der Waals surface area contributed by atoms with Gasteiger partial charge in [0.2, 0.25) is 5.91 Å². The summed E-state index contributed by atoms with van der Waals surface area (Å²) in [5.74, 6) is -0.739. The minimum Gasteiger partial charge on any atom is -0.322 e. The highest BCUT2D eigenvalue weighted by Crippen LogP contribution is 2.22. The minimum atomic E-state index is -0.393. The number of carbonyl (C=O) groups excluding carboxylic acids is 1. The number of amides is 1. The summed E-state index contributed by atoms with van der Waals surface area (Å²) < 4.78 is 15.0. The summed E-state index contributed by atoms with van der Waals surface area (Å²) >= 11 is 6.32. The van der Waals surface area contributed by atoms with Crippen LogP contribution >= 0.6 is 11.6 Å². The van der Waals surface area contributed by atoms with Crippen LogP contribution in [0.5, 0.6) is 0 Å².